The van der Waals surface area contributed by atoms with E-state index in [0.717, 1.165) is 26.8 Å². The standard InChI is InChI=1S/C12H7ClN2.Ru/c13-10-7-8-3-1-5-14-11(8)12-9(10)4-2-6-15-12;/h1-7H;. The third kappa shape index (κ3) is 1.70. The molecule has 0 aliphatic rings. The summed E-state index contributed by atoms with van der Waals surface area (Å²) in [5, 5.41) is 2.69. The zero-order valence-corrected chi connectivity index (χ0v) is 10.7. The number of hydrogen-bond donors (Lipinski definition) is 0. The summed E-state index contributed by atoms with van der Waals surface area (Å²) >= 11 is 6.17. The summed E-state index contributed by atoms with van der Waals surface area (Å²) in [6.45, 7) is 0. The molecule has 0 amide bonds. The second-order valence-corrected chi connectivity index (χ2v) is 3.74. The molecule has 1 aromatic carbocycles. The minimum absolute atomic E-state index is 0. The van der Waals surface area contributed by atoms with Crippen molar-refractivity contribution < 1.29 is 19.5 Å². The van der Waals surface area contributed by atoms with Crippen molar-refractivity contribution in [1.82, 2.24) is 9.97 Å². The molecule has 2 aromatic heterocycles. The molecule has 0 fully saturated rings. The van der Waals surface area contributed by atoms with Gasteiger partial charge in [0, 0.05) is 42.6 Å². The van der Waals surface area contributed by atoms with Crippen molar-refractivity contribution in [3.8, 4) is 0 Å². The fourth-order valence-corrected chi connectivity index (χ4v) is 2.00. The van der Waals surface area contributed by atoms with Crippen molar-refractivity contribution in [1.29, 1.82) is 0 Å². The van der Waals surface area contributed by atoms with Gasteiger partial charge in [0.1, 0.15) is 0 Å². The maximum atomic E-state index is 6.17. The Morgan fingerprint density at radius 3 is 2.44 bits per heavy atom. The normalized spacial score (nSPS) is 10.3. The fraction of sp³-hybridized carbons (Fsp3) is 0. The molecule has 0 unspecified atom stereocenters. The van der Waals surface area contributed by atoms with E-state index in [4.69, 9.17) is 11.6 Å². The van der Waals surface area contributed by atoms with Gasteiger partial charge in [0.2, 0.25) is 0 Å². The fourth-order valence-electron chi connectivity index (χ4n) is 1.73. The molecule has 4 heteroatoms. The molecule has 3 aromatic rings. The minimum Gasteiger partial charge on any atom is -0.254 e. The maximum Gasteiger partial charge on any atom is 0.0979 e. The Morgan fingerprint density at radius 1 is 0.938 bits per heavy atom. The molecule has 0 N–H and O–H groups in total. The van der Waals surface area contributed by atoms with Crippen LogP contribution in [0, 0.1) is 0 Å². The number of benzene rings is 1. The zero-order valence-electron chi connectivity index (χ0n) is 8.17. The molecule has 0 saturated carbocycles. The summed E-state index contributed by atoms with van der Waals surface area (Å²) in [7, 11) is 0. The number of rotatable bonds is 0. The molecule has 0 atom stereocenters. The Morgan fingerprint density at radius 2 is 1.62 bits per heavy atom. The van der Waals surface area contributed by atoms with E-state index in [2.05, 4.69) is 9.97 Å². The van der Waals surface area contributed by atoms with Crippen molar-refractivity contribution in [2.45, 2.75) is 0 Å². The van der Waals surface area contributed by atoms with Crippen LogP contribution in [0.1, 0.15) is 0 Å². The second kappa shape index (κ2) is 4.44. The van der Waals surface area contributed by atoms with E-state index in [0.29, 0.717) is 0 Å². The first-order valence-electron chi connectivity index (χ1n) is 4.64. The van der Waals surface area contributed by atoms with E-state index in [1.807, 2.05) is 30.3 Å². The summed E-state index contributed by atoms with van der Waals surface area (Å²) in [4.78, 5) is 8.65. The Balaban J connectivity index is 0.000000963. The molecular formula is C12H7ClN2Ru. The van der Waals surface area contributed by atoms with Crippen molar-refractivity contribution in [3.05, 3.63) is 47.7 Å². The van der Waals surface area contributed by atoms with E-state index in [1.165, 1.54) is 0 Å². The van der Waals surface area contributed by atoms with Crippen LogP contribution < -0.4 is 0 Å². The van der Waals surface area contributed by atoms with Crippen molar-refractivity contribution in [3.63, 3.8) is 0 Å². The van der Waals surface area contributed by atoms with Gasteiger partial charge in [0.15, 0.2) is 0 Å². The van der Waals surface area contributed by atoms with Crippen LogP contribution in [0.3, 0.4) is 0 Å². The van der Waals surface area contributed by atoms with Gasteiger partial charge in [-0.15, -0.1) is 0 Å². The van der Waals surface area contributed by atoms with E-state index in [9.17, 15) is 0 Å². The molecule has 0 bridgehead atoms. The van der Waals surface area contributed by atoms with E-state index in [-0.39, 0.29) is 19.5 Å². The number of fused-ring (bicyclic) bond motifs is 3. The average molecular weight is 316 g/mol. The van der Waals surface area contributed by atoms with Crippen LogP contribution in [-0.4, -0.2) is 9.97 Å². The number of hydrogen-bond acceptors (Lipinski definition) is 2. The molecule has 0 aliphatic carbocycles. The largest absolute Gasteiger partial charge is 0.254 e. The van der Waals surface area contributed by atoms with Crippen LogP contribution in [0.25, 0.3) is 21.8 Å². The van der Waals surface area contributed by atoms with Crippen LogP contribution in [0.4, 0.5) is 0 Å². The predicted molar refractivity (Wildman–Crippen MR) is 62.1 cm³/mol. The molecule has 0 radical (unpaired) electrons. The van der Waals surface area contributed by atoms with Gasteiger partial charge in [-0.2, -0.15) is 0 Å². The zero-order chi connectivity index (χ0) is 10.3. The first-order valence-corrected chi connectivity index (χ1v) is 5.02. The van der Waals surface area contributed by atoms with Crippen LogP contribution >= 0.6 is 11.6 Å². The molecule has 3 rings (SSSR count). The summed E-state index contributed by atoms with van der Waals surface area (Å²) in [5.74, 6) is 0. The van der Waals surface area contributed by atoms with Crippen molar-refractivity contribution in [2.24, 2.45) is 0 Å². The minimum atomic E-state index is 0. The summed E-state index contributed by atoms with van der Waals surface area (Å²) in [5.41, 5.74) is 1.76. The number of nitrogens with zero attached hydrogens (tertiary/aromatic N) is 2. The molecule has 2 heterocycles. The second-order valence-electron chi connectivity index (χ2n) is 3.33. The molecule has 0 saturated heterocycles. The van der Waals surface area contributed by atoms with Gasteiger partial charge in [-0.25, -0.2) is 0 Å². The van der Waals surface area contributed by atoms with E-state index < -0.39 is 0 Å². The van der Waals surface area contributed by atoms with Gasteiger partial charge in [-0.05, 0) is 24.3 Å². The molecule has 0 aliphatic heterocycles. The Kier molecular flexibility index (Phi) is 3.18. The van der Waals surface area contributed by atoms with Crippen molar-refractivity contribution in [2.75, 3.05) is 0 Å². The number of pyridine rings is 2. The van der Waals surface area contributed by atoms with Crippen LogP contribution in [-0.2, 0) is 19.5 Å². The van der Waals surface area contributed by atoms with E-state index >= 15 is 0 Å². The molecule has 80 valence electrons. The van der Waals surface area contributed by atoms with Crippen LogP contribution in [0.2, 0.25) is 5.02 Å². The quantitative estimate of drug-likeness (QED) is 0.469. The van der Waals surface area contributed by atoms with E-state index in [1.54, 1.807) is 12.4 Å². The van der Waals surface area contributed by atoms with Crippen LogP contribution in [0.15, 0.2) is 42.7 Å². The van der Waals surface area contributed by atoms with Crippen LogP contribution in [0.5, 0.6) is 0 Å². The number of aromatic nitrogens is 2. The molecular weight excluding hydrogens is 309 g/mol. The van der Waals surface area contributed by atoms with Crippen molar-refractivity contribution >= 4 is 33.4 Å². The SMILES string of the molecule is Clc1cc2cccnc2c2ncccc12.[Ru]. The summed E-state index contributed by atoms with van der Waals surface area (Å²) < 4.78 is 0. The van der Waals surface area contributed by atoms with Gasteiger partial charge in [-0.3, -0.25) is 9.97 Å². The van der Waals surface area contributed by atoms with Gasteiger partial charge < -0.3 is 0 Å². The topological polar surface area (TPSA) is 25.8 Å². The molecule has 0 spiro atoms. The summed E-state index contributed by atoms with van der Waals surface area (Å²) in [6.07, 6.45) is 3.52. The first-order chi connectivity index (χ1) is 7.36. The molecule has 2 nitrogen and oxygen atoms in total. The third-order valence-corrected chi connectivity index (χ3v) is 2.72. The van der Waals surface area contributed by atoms with Gasteiger partial charge in [0.05, 0.1) is 16.1 Å². The van der Waals surface area contributed by atoms with Gasteiger partial charge >= 0.3 is 0 Å². The first kappa shape index (κ1) is 11.4. The monoisotopic (exact) mass is 316 g/mol. The predicted octanol–water partition coefficient (Wildman–Crippen LogP) is 3.43. The van der Waals surface area contributed by atoms with Gasteiger partial charge in [-0.1, -0.05) is 17.7 Å². The smallest absolute Gasteiger partial charge is 0.0979 e. The maximum absolute atomic E-state index is 6.17. The third-order valence-electron chi connectivity index (χ3n) is 2.41. The average Bonchev–Trinajstić information content (AvgIpc) is 2.30. The molecule has 16 heavy (non-hydrogen) atoms. The number of halogens is 1. The Hall–Kier alpha value is -1.05. The summed E-state index contributed by atoms with van der Waals surface area (Å²) in [6, 6.07) is 9.64. The van der Waals surface area contributed by atoms with Gasteiger partial charge in [0.25, 0.3) is 0 Å². The Bertz CT molecular complexity index is 655. The Labute approximate surface area is 110 Å².